The number of methoxy groups -OCH3 is 1. The first-order valence-corrected chi connectivity index (χ1v) is 10.8. The van der Waals surface area contributed by atoms with E-state index in [1.807, 2.05) is 0 Å². The highest BCUT2D eigenvalue weighted by molar-refractivity contribution is 5.73. The van der Waals surface area contributed by atoms with Gasteiger partial charge in [-0.25, -0.2) is 9.59 Å². The van der Waals surface area contributed by atoms with E-state index in [-0.39, 0.29) is 6.04 Å². The van der Waals surface area contributed by atoms with Crippen molar-refractivity contribution in [2.24, 2.45) is 11.7 Å². The van der Waals surface area contributed by atoms with Crippen molar-refractivity contribution >= 4 is 11.9 Å². The Balaban J connectivity index is 0.000000362. The minimum absolute atomic E-state index is 0.210. The largest absolute Gasteiger partial charge is 0.490 e. The predicted octanol–water partition coefficient (Wildman–Crippen LogP) is 3.50. The summed E-state index contributed by atoms with van der Waals surface area (Å²) < 4.78 is 68.6. The average molecular weight is 516 g/mol. The number of halogens is 6. The van der Waals surface area contributed by atoms with Crippen LogP contribution in [-0.4, -0.2) is 78.3 Å². The van der Waals surface area contributed by atoms with Gasteiger partial charge >= 0.3 is 24.3 Å². The molecule has 1 aromatic rings. The van der Waals surface area contributed by atoms with Crippen LogP contribution < -0.4 is 5.73 Å². The number of alkyl halides is 6. The minimum Gasteiger partial charge on any atom is -0.475 e. The topological polar surface area (TPSA) is 113 Å². The van der Waals surface area contributed by atoms with Crippen molar-refractivity contribution in [1.29, 1.82) is 0 Å². The lowest BCUT2D eigenvalue weighted by molar-refractivity contribution is -0.193. The zero-order valence-corrected chi connectivity index (χ0v) is 19.1. The van der Waals surface area contributed by atoms with Crippen LogP contribution in [-0.2, 0) is 27.2 Å². The molecule has 0 aromatic heterocycles. The van der Waals surface area contributed by atoms with Gasteiger partial charge in [0.25, 0.3) is 0 Å². The van der Waals surface area contributed by atoms with Crippen LogP contribution >= 0.6 is 0 Å². The summed E-state index contributed by atoms with van der Waals surface area (Å²) in [6.07, 6.45) is -3.98. The van der Waals surface area contributed by atoms with Gasteiger partial charge in [-0.2, -0.15) is 26.3 Å². The number of carbonyl (C=O) groups is 2. The average Bonchev–Trinajstić information content (AvgIpc) is 3.18. The van der Waals surface area contributed by atoms with Crippen LogP contribution in [0.2, 0.25) is 0 Å². The lowest BCUT2D eigenvalue weighted by Crippen LogP contribution is -2.43. The standard InChI is InChI=1S/C18H28N2O.2C2HF3O2/c1-21-13-17(19)10-14-6-8-20(9-7-14)18-11-15-4-2-3-5-16(15)12-18;2*3-2(4,5)1(6)7/h2-5,14,17-18H,6-13,19H2,1H3;2*(H,6,7). The maximum absolute atomic E-state index is 10.6. The molecule has 0 amide bonds. The molecule has 0 spiro atoms. The molecule has 2 aliphatic rings. The Labute approximate surface area is 198 Å². The molecule has 1 aromatic carbocycles. The quantitative estimate of drug-likeness (QED) is 0.514. The first kappa shape index (κ1) is 30.7. The van der Waals surface area contributed by atoms with E-state index < -0.39 is 24.3 Å². The van der Waals surface area contributed by atoms with Crippen LogP contribution in [0.4, 0.5) is 26.3 Å². The smallest absolute Gasteiger partial charge is 0.475 e. The highest BCUT2D eigenvalue weighted by Crippen LogP contribution is 2.29. The van der Waals surface area contributed by atoms with E-state index in [4.69, 9.17) is 30.3 Å². The van der Waals surface area contributed by atoms with Crippen molar-refractivity contribution in [2.75, 3.05) is 26.8 Å². The van der Waals surface area contributed by atoms with Crippen LogP contribution in [0.25, 0.3) is 0 Å². The van der Waals surface area contributed by atoms with Crippen LogP contribution in [0.1, 0.15) is 30.4 Å². The number of benzene rings is 1. The second-order valence-electron chi connectivity index (χ2n) is 8.37. The number of nitrogens with zero attached hydrogens (tertiary/aromatic N) is 1. The van der Waals surface area contributed by atoms with E-state index in [0.717, 1.165) is 18.4 Å². The third kappa shape index (κ3) is 11.3. The Morgan fingerprint density at radius 3 is 1.74 bits per heavy atom. The molecule has 0 bridgehead atoms. The van der Waals surface area contributed by atoms with E-state index in [2.05, 4.69) is 29.2 Å². The summed E-state index contributed by atoms with van der Waals surface area (Å²) in [5.74, 6) is -4.73. The summed E-state index contributed by atoms with van der Waals surface area (Å²) in [6.45, 7) is 3.17. The molecule has 200 valence electrons. The normalized spacial score (nSPS) is 17.9. The third-order valence-corrected chi connectivity index (χ3v) is 5.70. The van der Waals surface area contributed by atoms with Gasteiger partial charge in [0.15, 0.2) is 0 Å². The van der Waals surface area contributed by atoms with Crippen LogP contribution in [0.5, 0.6) is 0 Å². The first-order chi connectivity index (χ1) is 16.1. The van der Waals surface area contributed by atoms with Gasteiger partial charge < -0.3 is 20.7 Å². The molecule has 0 radical (unpaired) electrons. The maximum Gasteiger partial charge on any atom is 0.490 e. The number of carboxylic acids is 2. The Morgan fingerprint density at radius 1 is 1.00 bits per heavy atom. The van der Waals surface area contributed by atoms with Gasteiger partial charge in [-0.3, -0.25) is 4.90 Å². The van der Waals surface area contributed by atoms with Gasteiger partial charge in [0, 0.05) is 19.2 Å². The second-order valence-corrected chi connectivity index (χ2v) is 8.37. The molecule has 0 saturated carbocycles. The summed E-state index contributed by atoms with van der Waals surface area (Å²) in [6, 6.07) is 9.88. The number of likely N-dealkylation sites (tertiary alicyclic amines) is 1. The lowest BCUT2D eigenvalue weighted by atomic mass is 9.89. The molecule has 1 heterocycles. The Kier molecular flexibility index (Phi) is 11.9. The number of aliphatic carboxylic acids is 2. The van der Waals surface area contributed by atoms with Gasteiger partial charge in [0.2, 0.25) is 0 Å². The summed E-state index contributed by atoms with van der Waals surface area (Å²) in [5.41, 5.74) is 9.21. The van der Waals surface area contributed by atoms with Crippen molar-refractivity contribution in [3.8, 4) is 0 Å². The van der Waals surface area contributed by atoms with Gasteiger partial charge in [-0.15, -0.1) is 0 Å². The number of piperidine rings is 1. The van der Waals surface area contributed by atoms with Crippen molar-refractivity contribution in [1.82, 2.24) is 4.90 Å². The molecule has 35 heavy (non-hydrogen) atoms. The highest BCUT2D eigenvalue weighted by atomic mass is 19.4. The monoisotopic (exact) mass is 516 g/mol. The molecule has 1 fully saturated rings. The van der Waals surface area contributed by atoms with E-state index in [1.54, 1.807) is 18.2 Å². The molecule has 3 rings (SSSR count). The van der Waals surface area contributed by atoms with E-state index in [9.17, 15) is 26.3 Å². The summed E-state index contributed by atoms with van der Waals surface area (Å²) >= 11 is 0. The van der Waals surface area contributed by atoms with Crippen LogP contribution in [0, 0.1) is 5.92 Å². The number of rotatable bonds is 5. The summed E-state index contributed by atoms with van der Waals surface area (Å²) in [5, 5.41) is 14.2. The zero-order chi connectivity index (χ0) is 26.8. The number of nitrogens with two attached hydrogens (primary N) is 1. The Bertz CT molecular complexity index is 761. The highest BCUT2D eigenvalue weighted by Gasteiger charge is 2.39. The van der Waals surface area contributed by atoms with Crippen LogP contribution in [0.3, 0.4) is 0 Å². The first-order valence-electron chi connectivity index (χ1n) is 10.8. The molecule has 7 nitrogen and oxygen atoms in total. The van der Waals surface area contributed by atoms with E-state index >= 15 is 0 Å². The molecular weight excluding hydrogens is 486 g/mol. The number of carboxylic acid groups (broad SMARTS) is 2. The summed E-state index contributed by atoms with van der Waals surface area (Å²) in [4.78, 5) is 20.5. The van der Waals surface area contributed by atoms with Crippen molar-refractivity contribution < 1.29 is 50.9 Å². The fourth-order valence-corrected chi connectivity index (χ4v) is 4.06. The Hall–Kier alpha value is -2.38. The molecule has 13 heteroatoms. The molecule has 4 N–H and O–H groups in total. The number of hydrogen-bond donors (Lipinski definition) is 3. The lowest BCUT2D eigenvalue weighted by Gasteiger charge is -2.36. The van der Waals surface area contributed by atoms with Crippen molar-refractivity contribution in [3.63, 3.8) is 0 Å². The number of fused-ring (bicyclic) bond motifs is 1. The summed E-state index contributed by atoms with van der Waals surface area (Å²) in [7, 11) is 1.74. The van der Waals surface area contributed by atoms with Crippen molar-refractivity contribution in [3.05, 3.63) is 35.4 Å². The third-order valence-electron chi connectivity index (χ3n) is 5.70. The number of ether oxygens (including phenoxy) is 1. The molecule has 1 aliphatic carbocycles. The van der Waals surface area contributed by atoms with Gasteiger partial charge in [-0.05, 0) is 62.2 Å². The fourth-order valence-electron chi connectivity index (χ4n) is 4.06. The van der Waals surface area contributed by atoms with E-state index in [1.165, 1.54) is 38.8 Å². The zero-order valence-electron chi connectivity index (χ0n) is 19.1. The van der Waals surface area contributed by atoms with Gasteiger partial charge in [0.1, 0.15) is 0 Å². The minimum atomic E-state index is -5.08. The van der Waals surface area contributed by atoms with Gasteiger partial charge in [-0.1, -0.05) is 24.3 Å². The number of hydrogen-bond acceptors (Lipinski definition) is 5. The second kappa shape index (κ2) is 13.6. The molecule has 1 atom stereocenters. The Morgan fingerprint density at radius 2 is 1.40 bits per heavy atom. The molecule has 1 unspecified atom stereocenters. The van der Waals surface area contributed by atoms with Crippen molar-refractivity contribution in [2.45, 2.75) is 56.5 Å². The fraction of sp³-hybridized carbons (Fsp3) is 0.636. The van der Waals surface area contributed by atoms with Crippen LogP contribution in [0.15, 0.2) is 24.3 Å². The van der Waals surface area contributed by atoms with Gasteiger partial charge in [0.05, 0.1) is 6.61 Å². The van der Waals surface area contributed by atoms with E-state index in [0.29, 0.717) is 6.61 Å². The molecule has 1 aliphatic heterocycles. The maximum atomic E-state index is 10.6. The SMILES string of the molecule is COCC(N)CC1CCN(C2Cc3ccccc3C2)CC1.O=C(O)C(F)(F)F.O=C(O)C(F)(F)F. The molecule has 1 saturated heterocycles. The predicted molar refractivity (Wildman–Crippen MR) is 114 cm³/mol. The molecular formula is C22H30F6N2O5.